The van der Waals surface area contributed by atoms with Gasteiger partial charge in [0.1, 0.15) is 0 Å². The zero-order valence-electron chi connectivity index (χ0n) is 11.8. The van der Waals surface area contributed by atoms with E-state index in [-0.39, 0.29) is 5.78 Å². The number of aromatic nitrogens is 1. The maximum Gasteiger partial charge on any atom is 0.187 e. The smallest absolute Gasteiger partial charge is 0.187 e. The predicted octanol–water partition coefficient (Wildman–Crippen LogP) is 3.98. The maximum absolute atomic E-state index is 12.1. The minimum Gasteiger partial charge on any atom is -0.359 e. The van der Waals surface area contributed by atoms with Crippen molar-refractivity contribution in [2.24, 2.45) is 0 Å². The summed E-state index contributed by atoms with van der Waals surface area (Å²) >= 11 is 0. The standard InChI is InChI=1S/C17H18N2O/c1-3-15(19-16-6-4-5-13(2)11-16)12-17(20)14-7-9-18-10-8-14/h4-12,19H,3H2,1-2H3/b15-12-. The van der Waals surface area contributed by atoms with Crippen molar-refractivity contribution in [1.82, 2.24) is 4.98 Å². The first-order chi connectivity index (χ1) is 9.69. The zero-order valence-corrected chi connectivity index (χ0v) is 11.8. The van der Waals surface area contributed by atoms with Gasteiger partial charge in [-0.1, -0.05) is 19.1 Å². The van der Waals surface area contributed by atoms with Gasteiger partial charge in [0.15, 0.2) is 5.78 Å². The quantitative estimate of drug-likeness (QED) is 0.657. The number of nitrogens with zero attached hydrogens (tertiary/aromatic N) is 1. The molecule has 0 saturated heterocycles. The van der Waals surface area contributed by atoms with Crippen LogP contribution in [0, 0.1) is 6.92 Å². The van der Waals surface area contributed by atoms with Crippen molar-refractivity contribution in [2.45, 2.75) is 20.3 Å². The van der Waals surface area contributed by atoms with E-state index in [1.165, 1.54) is 5.56 Å². The average molecular weight is 266 g/mol. The van der Waals surface area contributed by atoms with Gasteiger partial charge >= 0.3 is 0 Å². The lowest BCUT2D eigenvalue weighted by Crippen LogP contribution is -2.03. The molecule has 0 aliphatic rings. The Kier molecular flexibility index (Phi) is 4.66. The number of hydrogen-bond donors (Lipinski definition) is 1. The zero-order chi connectivity index (χ0) is 14.4. The molecule has 0 aliphatic carbocycles. The lowest BCUT2D eigenvalue weighted by molar-refractivity contribution is 0.104. The highest BCUT2D eigenvalue weighted by molar-refractivity contribution is 6.05. The van der Waals surface area contributed by atoms with E-state index in [9.17, 15) is 4.79 Å². The van der Waals surface area contributed by atoms with Gasteiger partial charge in [0.2, 0.25) is 0 Å². The van der Waals surface area contributed by atoms with Gasteiger partial charge in [0.25, 0.3) is 0 Å². The summed E-state index contributed by atoms with van der Waals surface area (Å²) in [7, 11) is 0. The molecule has 3 nitrogen and oxygen atoms in total. The van der Waals surface area contributed by atoms with Crippen molar-refractivity contribution in [3.63, 3.8) is 0 Å². The third kappa shape index (κ3) is 3.79. The number of pyridine rings is 1. The second kappa shape index (κ2) is 6.66. The molecule has 0 aliphatic heterocycles. The largest absolute Gasteiger partial charge is 0.359 e. The highest BCUT2D eigenvalue weighted by atomic mass is 16.1. The lowest BCUT2D eigenvalue weighted by Gasteiger charge is -2.09. The van der Waals surface area contributed by atoms with Crippen LogP contribution in [0.25, 0.3) is 0 Å². The molecule has 2 rings (SSSR count). The molecule has 1 aromatic carbocycles. The van der Waals surface area contributed by atoms with E-state index in [1.807, 2.05) is 32.0 Å². The molecule has 0 atom stereocenters. The predicted molar refractivity (Wildman–Crippen MR) is 81.7 cm³/mol. The fourth-order valence-corrected chi connectivity index (χ4v) is 1.89. The van der Waals surface area contributed by atoms with Crippen molar-refractivity contribution < 1.29 is 4.79 Å². The van der Waals surface area contributed by atoms with E-state index < -0.39 is 0 Å². The molecular weight excluding hydrogens is 248 g/mol. The minimum atomic E-state index is -0.00981. The second-order valence-electron chi connectivity index (χ2n) is 4.62. The molecule has 0 unspecified atom stereocenters. The van der Waals surface area contributed by atoms with Gasteiger partial charge in [-0.05, 0) is 43.2 Å². The van der Waals surface area contributed by atoms with E-state index in [4.69, 9.17) is 0 Å². The molecule has 0 bridgehead atoms. The van der Waals surface area contributed by atoms with Crippen LogP contribution in [0.15, 0.2) is 60.6 Å². The van der Waals surface area contributed by atoms with Crippen LogP contribution in [0.4, 0.5) is 5.69 Å². The van der Waals surface area contributed by atoms with Crippen LogP contribution in [0.3, 0.4) is 0 Å². The summed E-state index contributed by atoms with van der Waals surface area (Å²) in [5.41, 5.74) is 3.74. The van der Waals surface area contributed by atoms with Crippen LogP contribution in [-0.2, 0) is 0 Å². The van der Waals surface area contributed by atoms with Crippen LogP contribution in [-0.4, -0.2) is 10.8 Å². The number of aryl methyl sites for hydroxylation is 1. The Labute approximate surface area is 119 Å². The highest BCUT2D eigenvalue weighted by Gasteiger charge is 2.04. The molecule has 0 saturated carbocycles. The number of rotatable bonds is 5. The molecule has 0 fully saturated rings. The molecule has 102 valence electrons. The van der Waals surface area contributed by atoms with Crippen LogP contribution in [0.5, 0.6) is 0 Å². The van der Waals surface area contributed by atoms with Gasteiger partial charge in [0, 0.05) is 35.4 Å². The second-order valence-corrected chi connectivity index (χ2v) is 4.62. The highest BCUT2D eigenvalue weighted by Crippen LogP contribution is 2.14. The average Bonchev–Trinajstić information content (AvgIpc) is 2.47. The summed E-state index contributed by atoms with van der Waals surface area (Å²) in [5.74, 6) is -0.00981. The number of carbonyl (C=O) groups excluding carboxylic acids is 1. The molecule has 3 heteroatoms. The van der Waals surface area contributed by atoms with Gasteiger partial charge < -0.3 is 5.32 Å². The molecule has 0 spiro atoms. The maximum atomic E-state index is 12.1. The molecule has 0 amide bonds. The number of nitrogens with one attached hydrogen (secondary N) is 1. The van der Waals surface area contributed by atoms with Crippen molar-refractivity contribution >= 4 is 11.5 Å². The Bertz CT molecular complexity index is 618. The molecule has 0 radical (unpaired) electrons. The van der Waals surface area contributed by atoms with Gasteiger partial charge in [-0.3, -0.25) is 9.78 Å². The molecule has 1 aromatic heterocycles. The van der Waals surface area contributed by atoms with Gasteiger partial charge in [-0.15, -0.1) is 0 Å². The molecule has 20 heavy (non-hydrogen) atoms. The van der Waals surface area contributed by atoms with E-state index >= 15 is 0 Å². The van der Waals surface area contributed by atoms with E-state index in [1.54, 1.807) is 30.6 Å². The van der Waals surface area contributed by atoms with Crippen molar-refractivity contribution in [3.05, 3.63) is 71.7 Å². The Balaban J connectivity index is 2.16. The molecule has 2 aromatic rings. The number of ketones is 1. The monoisotopic (exact) mass is 266 g/mol. The van der Waals surface area contributed by atoms with Crippen LogP contribution < -0.4 is 5.32 Å². The third-order valence-electron chi connectivity index (χ3n) is 2.97. The Morgan fingerprint density at radius 1 is 1.25 bits per heavy atom. The van der Waals surface area contributed by atoms with Gasteiger partial charge in [-0.2, -0.15) is 0 Å². The number of benzene rings is 1. The summed E-state index contributed by atoms with van der Waals surface area (Å²) in [6, 6.07) is 11.5. The van der Waals surface area contributed by atoms with Gasteiger partial charge in [0.05, 0.1) is 0 Å². The molecule has 1 heterocycles. The van der Waals surface area contributed by atoms with Crippen molar-refractivity contribution in [1.29, 1.82) is 0 Å². The minimum absolute atomic E-state index is 0.00981. The summed E-state index contributed by atoms with van der Waals surface area (Å²) in [4.78, 5) is 16.0. The topological polar surface area (TPSA) is 42.0 Å². The van der Waals surface area contributed by atoms with E-state index in [2.05, 4.69) is 16.4 Å². The first kappa shape index (κ1) is 14.0. The number of anilines is 1. The molecular formula is C17H18N2O. The van der Waals surface area contributed by atoms with E-state index in [0.717, 1.165) is 17.8 Å². The molecule has 1 N–H and O–H groups in total. The number of hydrogen-bond acceptors (Lipinski definition) is 3. The first-order valence-electron chi connectivity index (χ1n) is 6.67. The first-order valence-corrected chi connectivity index (χ1v) is 6.67. The summed E-state index contributed by atoms with van der Waals surface area (Å²) in [5, 5.41) is 3.29. The Hall–Kier alpha value is -2.42. The SMILES string of the molecule is CC/C(=C/C(=O)c1ccncc1)Nc1cccc(C)c1. The number of carbonyl (C=O) groups is 1. The van der Waals surface area contributed by atoms with Gasteiger partial charge in [-0.25, -0.2) is 0 Å². The Morgan fingerprint density at radius 2 is 2.00 bits per heavy atom. The third-order valence-corrected chi connectivity index (χ3v) is 2.97. The van der Waals surface area contributed by atoms with E-state index in [0.29, 0.717) is 5.56 Å². The summed E-state index contributed by atoms with van der Waals surface area (Å²) in [6.07, 6.45) is 5.67. The normalized spacial score (nSPS) is 11.2. The van der Waals surface area contributed by atoms with Crippen LogP contribution in [0.1, 0.15) is 29.3 Å². The summed E-state index contributed by atoms with van der Waals surface area (Å²) in [6.45, 7) is 4.07. The van der Waals surface area contributed by atoms with Crippen LogP contribution >= 0.6 is 0 Å². The fraction of sp³-hybridized carbons (Fsp3) is 0.176. The van der Waals surface area contributed by atoms with Crippen molar-refractivity contribution in [3.8, 4) is 0 Å². The Morgan fingerprint density at radius 3 is 2.65 bits per heavy atom. The lowest BCUT2D eigenvalue weighted by atomic mass is 10.1. The fourth-order valence-electron chi connectivity index (χ4n) is 1.89. The number of allylic oxidation sites excluding steroid dienone is 2. The van der Waals surface area contributed by atoms with Crippen molar-refractivity contribution in [2.75, 3.05) is 5.32 Å². The summed E-state index contributed by atoms with van der Waals surface area (Å²) < 4.78 is 0. The van der Waals surface area contributed by atoms with Crippen LogP contribution in [0.2, 0.25) is 0 Å².